The Morgan fingerprint density at radius 2 is 1.88 bits per heavy atom. The molecule has 0 aliphatic rings. The molecule has 0 saturated carbocycles. The highest BCUT2D eigenvalue weighted by atomic mass is 35.5. The number of aryl methyl sites for hydroxylation is 2. The summed E-state index contributed by atoms with van der Waals surface area (Å²) >= 11 is 6.26. The molecular formula is C20H18ClN5. The van der Waals surface area contributed by atoms with Crippen LogP contribution in [0.3, 0.4) is 0 Å². The lowest BCUT2D eigenvalue weighted by molar-refractivity contribution is 0.894. The number of aromatic nitrogens is 4. The zero-order valence-corrected chi connectivity index (χ0v) is 15.3. The van der Waals surface area contributed by atoms with E-state index in [1.807, 2.05) is 25.1 Å². The summed E-state index contributed by atoms with van der Waals surface area (Å²) in [6, 6.07) is 14.2. The maximum absolute atomic E-state index is 6.26. The first-order valence-corrected chi connectivity index (χ1v) is 8.84. The molecule has 0 aliphatic heterocycles. The molecule has 4 rings (SSSR count). The fourth-order valence-corrected chi connectivity index (χ4v) is 2.98. The average molecular weight is 364 g/mol. The number of rotatable bonds is 4. The Kier molecular flexibility index (Phi) is 4.31. The van der Waals surface area contributed by atoms with Gasteiger partial charge in [0.25, 0.3) is 0 Å². The Balaban J connectivity index is 1.73. The fraction of sp³-hybridized carbons (Fsp3) is 0.150. The van der Waals surface area contributed by atoms with E-state index in [4.69, 9.17) is 11.6 Å². The van der Waals surface area contributed by atoms with Gasteiger partial charge in [-0.05, 0) is 48.7 Å². The van der Waals surface area contributed by atoms with E-state index >= 15 is 0 Å². The van der Waals surface area contributed by atoms with Crippen molar-refractivity contribution in [1.82, 2.24) is 19.7 Å². The van der Waals surface area contributed by atoms with E-state index in [2.05, 4.69) is 51.6 Å². The monoisotopic (exact) mass is 363 g/mol. The van der Waals surface area contributed by atoms with Crippen LogP contribution < -0.4 is 5.32 Å². The molecule has 5 nitrogen and oxygen atoms in total. The quantitative estimate of drug-likeness (QED) is 0.549. The number of fused-ring (bicyclic) bond motifs is 1. The maximum Gasteiger partial charge on any atom is 0.168 e. The highest BCUT2D eigenvalue weighted by molar-refractivity contribution is 6.31. The molecule has 0 radical (unpaired) electrons. The summed E-state index contributed by atoms with van der Waals surface area (Å²) in [6.07, 6.45) is 4.33. The molecule has 4 aromatic rings. The number of anilines is 2. The van der Waals surface area contributed by atoms with Crippen molar-refractivity contribution >= 4 is 34.1 Å². The largest absolute Gasteiger partial charge is 0.340 e. The molecule has 0 aliphatic carbocycles. The third-order valence-electron chi connectivity index (χ3n) is 4.39. The third-order valence-corrected chi connectivity index (χ3v) is 4.80. The van der Waals surface area contributed by atoms with Gasteiger partial charge in [-0.2, -0.15) is 5.10 Å². The van der Waals surface area contributed by atoms with Crippen LogP contribution in [0.5, 0.6) is 0 Å². The molecule has 6 heteroatoms. The van der Waals surface area contributed by atoms with Gasteiger partial charge in [0.2, 0.25) is 0 Å². The topological polar surface area (TPSA) is 55.6 Å². The minimum atomic E-state index is 0.703. The van der Waals surface area contributed by atoms with E-state index in [0.717, 1.165) is 40.2 Å². The average Bonchev–Trinajstić information content (AvgIpc) is 3.10. The lowest BCUT2D eigenvalue weighted by Crippen LogP contribution is -2.00. The van der Waals surface area contributed by atoms with E-state index in [0.29, 0.717) is 5.02 Å². The van der Waals surface area contributed by atoms with Crippen LogP contribution in [-0.4, -0.2) is 19.7 Å². The molecule has 0 saturated heterocycles. The van der Waals surface area contributed by atoms with Gasteiger partial charge in [-0.3, -0.25) is 0 Å². The normalized spacial score (nSPS) is 11.0. The Morgan fingerprint density at radius 3 is 2.62 bits per heavy atom. The van der Waals surface area contributed by atoms with Crippen LogP contribution in [0, 0.1) is 6.92 Å². The Morgan fingerprint density at radius 1 is 1.08 bits per heavy atom. The second kappa shape index (κ2) is 6.77. The zero-order chi connectivity index (χ0) is 18.1. The lowest BCUT2D eigenvalue weighted by atomic mass is 10.1. The van der Waals surface area contributed by atoms with Crippen LogP contribution in [0.25, 0.3) is 16.7 Å². The second-order valence-corrected chi connectivity index (χ2v) is 6.53. The molecule has 0 unspecified atom stereocenters. The first kappa shape index (κ1) is 16.5. The highest BCUT2D eigenvalue weighted by Crippen LogP contribution is 2.26. The molecule has 0 fully saturated rings. The van der Waals surface area contributed by atoms with Crippen molar-refractivity contribution in [3.8, 4) is 5.69 Å². The summed E-state index contributed by atoms with van der Waals surface area (Å²) in [6.45, 7) is 4.11. The summed E-state index contributed by atoms with van der Waals surface area (Å²) in [5.74, 6) is 0.726. The van der Waals surface area contributed by atoms with Crippen molar-refractivity contribution in [3.05, 3.63) is 71.1 Å². The first-order chi connectivity index (χ1) is 12.7. The van der Waals surface area contributed by atoms with Gasteiger partial charge in [0.15, 0.2) is 5.65 Å². The fourth-order valence-electron chi connectivity index (χ4n) is 2.81. The van der Waals surface area contributed by atoms with Crippen molar-refractivity contribution < 1.29 is 0 Å². The van der Waals surface area contributed by atoms with Gasteiger partial charge < -0.3 is 5.32 Å². The van der Waals surface area contributed by atoms with Gasteiger partial charge in [-0.15, -0.1) is 0 Å². The van der Waals surface area contributed by atoms with Crippen LogP contribution >= 0.6 is 11.6 Å². The summed E-state index contributed by atoms with van der Waals surface area (Å²) in [5, 5.41) is 9.39. The molecule has 2 aromatic heterocycles. The number of benzene rings is 2. The number of nitrogens with one attached hydrogen (secondary N) is 1. The summed E-state index contributed by atoms with van der Waals surface area (Å²) < 4.78 is 1.77. The van der Waals surface area contributed by atoms with Crippen molar-refractivity contribution in [3.63, 3.8) is 0 Å². The Hall–Kier alpha value is -2.92. The molecule has 0 bridgehead atoms. The maximum atomic E-state index is 6.26. The molecular weight excluding hydrogens is 346 g/mol. The van der Waals surface area contributed by atoms with Gasteiger partial charge >= 0.3 is 0 Å². The van der Waals surface area contributed by atoms with Crippen LogP contribution in [0.4, 0.5) is 11.5 Å². The van der Waals surface area contributed by atoms with Crippen LogP contribution in [-0.2, 0) is 6.42 Å². The van der Waals surface area contributed by atoms with E-state index in [1.54, 1.807) is 17.2 Å². The van der Waals surface area contributed by atoms with Crippen molar-refractivity contribution in [2.75, 3.05) is 5.32 Å². The number of hydrogen-bond acceptors (Lipinski definition) is 4. The molecule has 130 valence electrons. The highest BCUT2D eigenvalue weighted by Gasteiger charge is 2.12. The smallest absolute Gasteiger partial charge is 0.168 e. The first-order valence-electron chi connectivity index (χ1n) is 8.47. The molecule has 1 N–H and O–H groups in total. The summed E-state index contributed by atoms with van der Waals surface area (Å²) in [4.78, 5) is 8.79. The van der Waals surface area contributed by atoms with Crippen molar-refractivity contribution in [2.24, 2.45) is 0 Å². The third kappa shape index (κ3) is 3.02. The molecule has 2 heterocycles. The Bertz CT molecular complexity index is 1070. The molecule has 2 aromatic carbocycles. The van der Waals surface area contributed by atoms with Crippen molar-refractivity contribution in [2.45, 2.75) is 20.3 Å². The predicted molar refractivity (Wildman–Crippen MR) is 106 cm³/mol. The molecule has 0 spiro atoms. The summed E-state index contributed by atoms with van der Waals surface area (Å²) in [5.41, 5.74) is 4.90. The SMILES string of the molecule is CCc1ccc(Nc2ncnc3c2cnn3-c2ccc(C)c(Cl)c2)cc1. The summed E-state index contributed by atoms with van der Waals surface area (Å²) in [7, 11) is 0. The van der Waals surface area contributed by atoms with Gasteiger partial charge in [0.1, 0.15) is 12.1 Å². The zero-order valence-electron chi connectivity index (χ0n) is 14.6. The van der Waals surface area contributed by atoms with E-state index < -0.39 is 0 Å². The van der Waals surface area contributed by atoms with Crippen LogP contribution in [0.2, 0.25) is 5.02 Å². The predicted octanol–water partition coefficient (Wildman–Crippen LogP) is 5.08. The van der Waals surface area contributed by atoms with Crippen LogP contribution in [0.15, 0.2) is 55.0 Å². The van der Waals surface area contributed by atoms with Gasteiger partial charge in [0.05, 0.1) is 17.3 Å². The standard InChI is InChI=1S/C20H18ClN5/c1-3-14-5-7-15(8-6-14)25-19-17-11-24-26(20(17)23-12-22-19)16-9-4-13(2)18(21)10-16/h4-12H,3H2,1-2H3,(H,22,23,25). The Labute approximate surface area is 156 Å². The molecule has 0 atom stereocenters. The minimum absolute atomic E-state index is 0.703. The van der Waals surface area contributed by atoms with Gasteiger partial charge in [0, 0.05) is 10.7 Å². The van der Waals surface area contributed by atoms with E-state index in [1.165, 1.54) is 5.56 Å². The molecule has 0 amide bonds. The van der Waals surface area contributed by atoms with Crippen LogP contribution in [0.1, 0.15) is 18.1 Å². The number of nitrogens with zero attached hydrogens (tertiary/aromatic N) is 4. The number of hydrogen-bond donors (Lipinski definition) is 1. The lowest BCUT2D eigenvalue weighted by Gasteiger charge is -2.08. The van der Waals surface area contributed by atoms with E-state index in [9.17, 15) is 0 Å². The second-order valence-electron chi connectivity index (χ2n) is 6.12. The van der Waals surface area contributed by atoms with Gasteiger partial charge in [-0.1, -0.05) is 36.7 Å². The van der Waals surface area contributed by atoms with Gasteiger partial charge in [-0.25, -0.2) is 14.6 Å². The number of halogens is 1. The minimum Gasteiger partial charge on any atom is -0.340 e. The van der Waals surface area contributed by atoms with E-state index in [-0.39, 0.29) is 0 Å². The molecule has 26 heavy (non-hydrogen) atoms. The van der Waals surface area contributed by atoms with Crippen molar-refractivity contribution in [1.29, 1.82) is 0 Å².